The lowest BCUT2D eigenvalue weighted by atomic mass is 10.3. The van der Waals surface area contributed by atoms with Gasteiger partial charge in [0.05, 0.1) is 4.90 Å². The zero-order chi connectivity index (χ0) is 17.0. The predicted molar refractivity (Wildman–Crippen MR) is 79.2 cm³/mol. The first-order valence-corrected chi connectivity index (χ1v) is 8.09. The Morgan fingerprint density at radius 1 is 1.39 bits per heavy atom. The van der Waals surface area contributed by atoms with Gasteiger partial charge in [0.1, 0.15) is 24.7 Å². The third-order valence-electron chi connectivity index (χ3n) is 3.01. The number of hydrogen-bond acceptors (Lipinski definition) is 6. The molecule has 0 radical (unpaired) electrons. The Kier molecular flexibility index (Phi) is 4.96. The molecule has 0 aliphatic heterocycles. The summed E-state index contributed by atoms with van der Waals surface area (Å²) in [5.41, 5.74) is 0. The number of ether oxygens (including phenoxy) is 1. The number of sulfonamides is 1. The lowest BCUT2D eigenvalue weighted by Crippen LogP contribution is -2.38. The summed E-state index contributed by atoms with van der Waals surface area (Å²) in [5, 5.41) is 12.7. The molecule has 2 rings (SSSR count). The van der Waals surface area contributed by atoms with Crippen molar-refractivity contribution in [2.24, 2.45) is 7.05 Å². The second-order valence-electron chi connectivity index (χ2n) is 4.74. The van der Waals surface area contributed by atoms with Crippen molar-refractivity contribution < 1.29 is 23.1 Å². The maximum atomic E-state index is 12.0. The van der Waals surface area contributed by atoms with Crippen LogP contribution in [-0.4, -0.2) is 40.3 Å². The van der Waals surface area contributed by atoms with Crippen LogP contribution in [0.5, 0.6) is 5.75 Å². The Morgan fingerprint density at radius 2 is 2.04 bits per heavy atom. The number of carboxylic acids is 1. The number of carboxylic acid groups (broad SMARTS) is 1. The highest BCUT2D eigenvalue weighted by Crippen LogP contribution is 2.17. The van der Waals surface area contributed by atoms with Gasteiger partial charge < -0.3 is 9.84 Å². The minimum absolute atomic E-state index is 0.0448. The fourth-order valence-electron chi connectivity index (χ4n) is 1.66. The molecule has 2 N–H and O–H groups in total. The van der Waals surface area contributed by atoms with Crippen LogP contribution in [0.1, 0.15) is 12.7 Å². The van der Waals surface area contributed by atoms with E-state index in [1.807, 2.05) is 0 Å². The molecular formula is C13H16N4O5S. The molecule has 0 spiro atoms. The van der Waals surface area contributed by atoms with Gasteiger partial charge in [-0.05, 0) is 31.2 Å². The molecule has 9 nitrogen and oxygen atoms in total. The lowest BCUT2D eigenvalue weighted by Gasteiger charge is -2.11. The molecule has 1 aromatic carbocycles. The molecule has 0 unspecified atom stereocenters. The monoisotopic (exact) mass is 340 g/mol. The van der Waals surface area contributed by atoms with Crippen LogP contribution in [0.3, 0.4) is 0 Å². The largest absolute Gasteiger partial charge is 0.486 e. The van der Waals surface area contributed by atoms with E-state index >= 15 is 0 Å². The minimum atomic E-state index is -3.90. The molecule has 0 bridgehead atoms. The minimum Gasteiger partial charge on any atom is -0.486 e. The van der Waals surface area contributed by atoms with Crippen molar-refractivity contribution in [3.8, 4) is 5.75 Å². The molecule has 1 atom stereocenters. The van der Waals surface area contributed by atoms with Crippen LogP contribution in [0.25, 0.3) is 0 Å². The topological polar surface area (TPSA) is 123 Å². The first-order valence-electron chi connectivity index (χ1n) is 6.60. The van der Waals surface area contributed by atoms with Gasteiger partial charge in [-0.25, -0.2) is 13.4 Å². The van der Waals surface area contributed by atoms with E-state index in [9.17, 15) is 13.2 Å². The van der Waals surface area contributed by atoms with Gasteiger partial charge in [0.25, 0.3) is 0 Å². The number of aliphatic carboxylic acids is 1. The van der Waals surface area contributed by atoms with Crippen molar-refractivity contribution in [3.05, 3.63) is 36.4 Å². The normalized spacial score (nSPS) is 12.8. The summed E-state index contributed by atoms with van der Waals surface area (Å²) < 4.78 is 33.1. The summed E-state index contributed by atoms with van der Waals surface area (Å²) in [7, 11) is -2.17. The summed E-state index contributed by atoms with van der Waals surface area (Å²) in [5.74, 6) is -0.172. The molecule has 0 fully saturated rings. The van der Waals surface area contributed by atoms with Crippen molar-refractivity contribution in [2.75, 3.05) is 0 Å². The van der Waals surface area contributed by atoms with Crippen molar-refractivity contribution >= 4 is 16.0 Å². The summed E-state index contributed by atoms with van der Waals surface area (Å²) in [6.07, 6.45) is 1.41. The van der Waals surface area contributed by atoms with E-state index in [1.165, 1.54) is 37.5 Å². The Balaban J connectivity index is 2.04. The van der Waals surface area contributed by atoms with Gasteiger partial charge in [-0.15, -0.1) is 0 Å². The van der Waals surface area contributed by atoms with Crippen LogP contribution in [0.2, 0.25) is 0 Å². The van der Waals surface area contributed by atoms with Gasteiger partial charge in [0, 0.05) is 7.05 Å². The van der Waals surface area contributed by atoms with Crippen molar-refractivity contribution in [1.82, 2.24) is 19.5 Å². The van der Waals surface area contributed by atoms with Crippen molar-refractivity contribution in [1.29, 1.82) is 0 Å². The highest BCUT2D eigenvalue weighted by atomic mass is 32.2. The van der Waals surface area contributed by atoms with Crippen LogP contribution in [0, 0.1) is 0 Å². The third-order valence-corrected chi connectivity index (χ3v) is 4.57. The highest BCUT2D eigenvalue weighted by Gasteiger charge is 2.21. The quantitative estimate of drug-likeness (QED) is 0.735. The third kappa shape index (κ3) is 4.27. The van der Waals surface area contributed by atoms with Gasteiger partial charge in [0.2, 0.25) is 10.0 Å². The van der Waals surface area contributed by atoms with Crippen molar-refractivity contribution in [2.45, 2.75) is 24.5 Å². The fraction of sp³-hybridized carbons (Fsp3) is 0.308. The number of benzene rings is 1. The molecule has 0 aliphatic carbocycles. The Morgan fingerprint density at radius 3 is 2.57 bits per heavy atom. The van der Waals surface area contributed by atoms with Crippen LogP contribution >= 0.6 is 0 Å². The number of aryl methyl sites for hydroxylation is 1. The number of nitrogens with zero attached hydrogens (tertiary/aromatic N) is 3. The van der Waals surface area contributed by atoms with Crippen LogP contribution < -0.4 is 9.46 Å². The van der Waals surface area contributed by atoms with E-state index in [1.54, 1.807) is 11.7 Å². The maximum absolute atomic E-state index is 12.0. The van der Waals surface area contributed by atoms with E-state index in [0.717, 1.165) is 0 Å². The number of nitrogens with one attached hydrogen (secondary N) is 1. The van der Waals surface area contributed by atoms with Crippen molar-refractivity contribution in [3.63, 3.8) is 0 Å². The first-order chi connectivity index (χ1) is 10.8. The maximum Gasteiger partial charge on any atom is 0.321 e. The van der Waals surface area contributed by atoms with E-state index in [2.05, 4.69) is 14.8 Å². The van der Waals surface area contributed by atoms with E-state index in [0.29, 0.717) is 11.6 Å². The molecule has 1 aromatic heterocycles. The second-order valence-corrected chi connectivity index (χ2v) is 6.46. The van der Waals surface area contributed by atoms with Crippen LogP contribution in [0.4, 0.5) is 0 Å². The second kappa shape index (κ2) is 6.75. The number of carbonyl (C=O) groups is 1. The predicted octanol–water partition coefficient (Wildman–Crippen LogP) is 0.145. The zero-order valence-electron chi connectivity index (χ0n) is 12.5. The molecule has 10 heteroatoms. The Labute approximate surface area is 133 Å². The first kappa shape index (κ1) is 16.9. The molecule has 0 saturated carbocycles. The summed E-state index contributed by atoms with van der Waals surface area (Å²) >= 11 is 0. The fourth-order valence-corrected chi connectivity index (χ4v) is 2.86. The number of rotatable bonds is 7. The summed E-state index contributed by atoms with van der Waals surface area (Å²) in [6.45, 7) is 1.44. The van der Waals surface area contributed by atoms with Crippen LogP contribution in [-0.2, 0) is 28.5 Å². The van der Waals surface area contributed by atoms with Gasteiger partial charge in [0.15, 0.2) is 5.82 Å². The standard InChI is InChI=1S/C13H16N4O5S/c1-9(13(18)19)16-23(20,21)11-5-3-10(4-6-11)22-7-12-14-8-15-17(12)2/h3-6,8-9,16H,7H2,1-2H3,(H,18,19)/t9-/m0/s1. The van der Waals surface area contributed by atoms with E-state index in [-0.39, 0.29) is 11.5 Å². The number of hydrogen-bond donors (Lipinski definition) is 2. The van der Waals surface area contributed by atoms with E-state index in [4.69, 9.17) is 9.84 Å². The molecular weight excluding hydrogens is 324 g/mol. The van der Waals surface area contributed by atoms with Gasteiger partial charge in [-0.3, -0.25) is 9.48 Å². The molecule has 1 heterocycles. The lowest BCUT2D eigenvalue weighted by molar-refractivity contribution is -0.138. The van der Waals surface area contributed by atoms with Crippen LogP contribution in [0.15, 0.2) is 35.5 Å². The van der Waals surface area contributed by atoms with Gasteiger partial charge in [-0.2, -0.15) is 9.82 Å². The zero-order valence-corrected chi connectivity index (χ0v) is 13.3. The SMILES string of the molecule is C[C@H](NS(=O)(=O)c1ccc(OCc2ncnn2C)cc1)C(=O)O. The van der Waals surface area contributed by atoms with Gasteiger partial charge in [-0.1, -0.05) is 0 Å². The highest BCUT2D eigenvalue weighted by molar-refractivity contribution is 7.89. The molecule has 2 aromatic rings. The summed E-state index contributed by atoms with van der Waals surface area (Å²) in [4.78, 5) is 14.7. The number of aromatic nitrogens is 3. The molecule has 124 valence electrons. The average Bonchev–Trinajstić information content (AvgIpc) is 2.90. The Bertz CT molecular complexity index is 785. The smallest absolute Gasteiger partial charge is 0.321 e. The Hall–Kier alpha value is -2.46. The molecule has 0 aliphatic rings. The molecule has 23 heavy (non-hydrogen) atoms. The summed E-state index contributed by atoms with van der Waals surface area (Å²) in [6, 6.07) is 4.42. The molecule has 0 saturated heterocycles. The van der Waals surface area contributed by atoms with E-state index < -0.39 is 22.0 Å². The molecule has 0 amide bonds. The average molecular weight is 340 g/mol. The van der Waals surface area contributed by atoms with Gasteiger partial charge >= 0.3 is 5.97 Å².